The molecule has 164 valence electrons. The molecule has 2 aromatic carbocycles. The molecule has 0 aliphatic rings. The van der Waals surface area contributed by atoms with E-state index in [1.54, 1.807) is 29.2 Å². The third kappa shape index (κ3) is 6.23. The molecule has 30 heavy (non-hydrogen) atoms. The molecule has 0 heterocycles. The first-order chi connectivity index (χ1) is 14.0. The van der Waals surface area contributed by atoms with E-state index in [0.29, 0.717) is 31.7 Å². The number of nitrogens with one attached hydrogen (secondary N) is 1. The maximum Gasteiger partial charge on any atom is 0.410 e. The van der Waals surface area contributed by atoms with E-state index in [9.17, 15) is 18.0 Å². The van der Waals surface area contributed by atoms with E-state index in [0.717, 1.165) is 11.6 Å². The van der Waals surface area contributed by atoms with Gasteiger partial charge in [-0.15, -0.1) is 0 Å². The Hall–Kier alpha value is -2.54. The van der Waals surface area contributed by atoms with Gasteiger partial charge in [0.2, 0.25) is 0 Å². The lowest BCUT2D eigenvalue weighted by Crippen LogP contribution is -2.40. The third-order valence-corrected chi connectivity index (χ3v) is 4.57. The van der Waals surface area contributed by atoms with Crippen LogP contribution in [0.5, 0.6) is 0 Å². The second-order valence-corrected chi connectivity index (χ2v) is 8.09. The summed E-state index contributed by atoms with van der Waals surface area (Å²) in [6.07, 6.45) is -0.351. The van der Waals surface area contributed by atoms with Crippen LogP contribution in [0, 0.1) is 24.4 Å². The maximum atomic E-state index is 14.2. The summed E-state index contributed by atoms with van der Waals surface area (Å²) in [5.74, 6) is -3.00. The van der Waals surface area contributed by atoms with E-state index in [1.807, 2.05) is 27.7 Å². The zero-order chi connectivity index (χ0) is 22.5. The second-order valence-electron chi connectivity index (χ2n) is 8.09. The van der Waals surface area contributed by atoms with Crippen LogP contribution < -0.4 is 5.32 Å². The standard InChI is InChI=1S/C23H29F3N2O2/c1-6-28(22(29)30-23(3,4)5)12-11-27-14-16-7-9-17(10-8-16)18-13-19(24)15(2)20(25)21(18)26/h7-10,13,27H,6,11-12,14H2,1-5H3. The van der Waals surface area contributed by atoms with Crippen molar-refractivity contribution in [1.29, 1.82) is 0 Å². The van der Waals surface area contributed by atoms with Crippen molar-refractivity contribution in [2.75, 3.05) is 19.6 Å². The van der Waals surface area contributed by atoms with Gasteiger partial charge in [0.05, 0.1) is 0 Å². The van der Waals surface area contributed by atoms with Crippen LogP contribution in [0.15, 0.2) is 30.3 Å². The largest absolute Gasteiger partial charge is 0.444 e. The monoisotopic (exact) mass is 422 g/mol. The Kier molecular flexibility index (Phi) is 7.89. The maximum absolute atomic E-state index is 14.2. The number of carbonyl (C=O) groups is 1. The quantitative estimate of drug-likeness (QED) is 0.478. The van der Waals surface area contributed by atoms with E-state index < -0.39 is 23.1 Å². The molecule has 0 saturated carbocycles. The Bertz CT molecular complexity index is 877. The highest BCUT2D eigenvalue weighted by molar-refractivity contribution is 5.68. The Labute approximate surface area is 176 Å². The molecule has 0 radical (unpaired) electrons. The zero-order valence-corrected chi connectivity index (χ0v) is 18.1. The third-order valence-electron chi connectivity index (χ3n) is 4.57. The molecule has 1 amide bonds. The highest BCUT2D eigenvalue weighted by Gasteiger charge is 2.20. The van der Waals surface area contributed by atoms with Gasteiger partial charge in [0.15, 0.2) is 11.6 Å². The van der Waals surface area contributed by atoms with Crippen molar-refractivity contribution in [2.45, 2.75) is 46.8 Å². The van der Waals surface area contributed by atoms with Gasteiger partial charge in [-0.1, -0.05) is 24.3 Å². The van der Waals surface area contributed by atoms with Gasteiger partial charge in [-0.3, -0.25) is 0 Å². The van der Waals surface area contributed by atoms with Crippen LogP contribution in [0.25, 0.3) is 11.1 Å². The molecule has 0 atom stereocenters. The molecule has 0 bridgehead atoms. The van der Waals surface area contributed by atoms with E-state index in [1.165, 1.54) is 6.92 Å². The summed E-state index contributed by atoms with van der Waals surface area (Å²) in [5.41, 5.74) is 0.349. The molecule has 2 aromatic rings. The van der Waals surface area contributed by atoms with Crippen LogP contribution in [0.2, 0.25) is 0 Å². The van der Waals surface area contributed by atoms with E-state index >= 15 is 0 Å². The molecule has 0 aliphatic carbocycles. The normalized spacial score (nSPS) is 11.5. The molecule has 0 aromatic heterocycles. The number of halogens is 3. The van der Waals surface area contributed by atoms with E-state index in [4.69, 9.17) is 4.74 Å². The molecule has 0 fully saturated rings. The first kappa shape index (κ1) is 23.7. The van der Waals surface area contributed by atoms with Gasteiger partial charge in [-0.05, 0) is 51.8 Å². The van der Waals surface area contributed by atoms with E-state index in [-0.39, 0.29) is 17.2 Å². The van der Waals surface area contributed by atoms with Gasteiger partial charge in [0, 0.05) is 37.3 Å². The van der Waals surface area contributed by atoms with Gasteiger partial charge in [-0.25, -0.2) is 18.0 Å². The highest BCUT2D eigenvalue weighted by Crippen LogP contribution is 2.28. The first-order valence-electron chi connectivity index (χ1n) is 9.95. The van der Waals surface area contributed by atoms with Crippen LogP contribution in [0.4, 0.5) is 18.0 Å². The smallest absolute Gasteiger partial charge is 0.410 e. The Morgan fingerprint density at radius 1 is 1.10 bits per heavy atom. The summed E-state index contributed by atoms with van der Waals surface area (Å²) in [5, 5.41) is 3.24. The summed E-state index contributed by atoms with van der Waals surface area (Å²) in [7, 11) is 0. The number of amides is 1. The van der Waals surface area contributed by atoms with Gasteiger partial charge < -0.3 is 15.0 Å². The number of hydrogen-bond donors (Lipinski definition) is 1. The fourth-order valence-electron chi connectivity index (χ4n) is 2.85. The average molecular weight is 422 g/mol. The topological polar surface area (TPSA) is 41.6 Å². The number of hydrogen-bond acceptors (Lipinski definition) is 3. The van der Waals surface area contributed by atoms with Crippen LogP contribution >= 0.6 is 0 Å². The average Bonchev–Trinajstić information content (AvgIpc) is 2.68. The van der Waals surface area contributed by atoms with Crippen molar-refractivity contribution in [3.63, 3.8) is 0 Å². The van der Waals surface area contributed by atoms with E-state index in [2.05, 4.69) is 5.32 Å². The molecule has 0 unspecified atom stereocenters. The molecule has 7 heteroatoms. The molecule has 4 nitrogen and oxygen atoms in total. The first-order valence-corrected chi connectivity index (χ1v) is 9.95. The Morgan fingerprint density at radius 3 is 2.30 bits per heavy atom. The molecule has 2 rings (SSSR count). The number of ether oxygens (including phenoxy) is 1. The number of benzene rings is 2. The number of nitrogens with zero attached hydrogens (tertiary/aromatic N) is 1. The molecular weight excluding hydrogens is 393 g/mol. The lowest BCUT2D eigenvalue weighted by atomic mass is 10.0. The summed E-state index contributed by atoms with van der Waals surface area (Å²) >= 11 is 0. The van der Waals surface area contributed by atoms with Crippen LogP contribution in [-0.4, -0.2) is 36.2 Å². The minimum absolute atomic E-state index is 0.106. The van der Waals surface area contributed by atoms with Gasteiger partial charge in [0.25, 0.3) is 0 Å². The molecule has 0 spiro atoms. The molecule has 0 aliphatic heterocycles. The van der Waals surface area contributed by atoms with Crippen molar-refractivity contribution >= 4 is 6.09 Å². The number of carbonyl (C=O) groups excluding carboxylic acids is 1. The van der Waals surface area contributed by atoms with Gasteiger partial charge in [0.1, 0.15) is 11.4 Å². The van der Waals surface area contributed by atoms with Crippen molar-refractivity contribution in [2.24, 2.45) is 0 Å². The summed E-state index contributed by atoms with van der Waals surface area (Å²) in [6, 6.07) is 7.80. The second kappa shape index (κ2) is 9.98. The van der Waals surface area contributed by atoms with Crippen molar-refractivity contribution in [1.82, 2.24) is 10.2 Å². The van der Waals surface area contributed by atoms with Crippen LogP contribution in [-0.2, 0) is 11.3 Å². The minimum Gasteiger partial charge on any atom is -0.444 e. The van der Waals surface area contributed by atoms with Gasteiger partial charge >= 0.3 is 6.09 Å². The Morgan fingerprint density at radius 2 is 1.73 bits per heavy atom. The molecule has 1 N–H and O–H groups in total. The molecule has 0 saturated heterocycles. The number of likely N-dealkylation sites (N-methyl/N-ethyl adjacent to an activating group) is 1. The summed E-state index contributed by atoms with van der Waals surface area (Å²) < 4.78 is 47.1. The van der Waals surface area contributed by atoms with Crippen molar-refractivity contribution in [3.05, 3.63) is 58.9 Å². The number of rotatable bonds is 7. The Balaban J connectivity index is 1.92. The molecular formula is C23H29F3N2O2. The van der Waals surface area contributed by atoms with Crippen molar-refractivity contribution in [3.8, 4) is 11.1 Å². The van der Waals surface area contributed by atoms with Crippen LogP contribution in [0.3, 0.4) is 0 Å². The lowest BCUT2D eigenvalue weighted by molar-refractivity contribution is 0.0262. The zero-order valence-electron chi connectivity index (χ0n) is 18.1. The predicted octanol–water partition coefficient (Wildman–Crippen LogP) is 5.43. The fraction of sp³-hybridized carbons (Fsp3) is 0.435. The minimum atomic E-state index is -1.17. The SMILES string of the molecule is CCN(CCNCc1ccc(-c2cc(F)c(C)c(F)c2F)cc1)C(=O)OC(C)(C)C. The summed E-state index contributed by atoms with van der Waals surface area (Å²) in [4.78, 5) is 13.7. The highest BCUT2D eigenvalue weighted by atomic mass is 19.2. The predicted molar refractivity (Wildman–Crippen MR) is 112 cm³/mol. The van der Waals surface area contributed by atoms with Gasteiger partial charge in [-0.2, -0.15) is 0 Å². The van der Waals surface area contributed by atoms with Crippen molar-refractivity contribution < 1.29 is 22.7 Å². The lowest BCUT2D eigenvalue weighted by Gasteiger charge is -2.26. The fourth-order valence-corrected chi connectivity index (χ4v) is 2.85. The summed E-state index contributed by atoms with van der Waals surface area (Å²) in [6.45, 7) is 10.7. The van der Waals surface area contributed by atoms with Crippen LogP contribution in [0.1, 0.15) is 38.8 Å².